The Labute approximate surface area is 151 Å². The van der Waals surface area contributed by atoms with Crippen molar-refractivity contribution in [2.75, 3.05) is 13.1 Å². The number of thiophene rings is 1. The molecular weight excluding hydrogens is 330 g/mol. The third kappa shape index (κ3) is 3.25. The Kier molecular flexibility index (Phi) is 4.42. The van der Waals surface area contributed by atoms with Gasteiger partial charge in [0.05, 0.1) is 5.56 Å². The molecule has 1 aliphatic heterocycles. The minimum atomic E-state index is -0.0350. The standard InChI is InChI=1S/C20H21N3OS/c1-13-6-7-19(25-13)16-10-21-11-17(16)20(24)23-12-18-15-5-3-2-4-14(15)8-9-22-18/h2-7,10-11,18,21-22H,8-9,12H2,1H3,(H,23,24). The molecule has 5 heteroatoms. The highest BCUT2D eigenvalue weighted by atomic mass is 32.1. The number of hydrogen-bond donors (Lipinski definition) is 3. The highest BCUT2D eigenvalue weighted by Gasteiger charge is 2.21. The first-order chi connectivity index (χ1) is 12.2. The van der Waals surface area contributed by atoms with E-state index in [0.717, 1.165) is 23.4 Å². The van der Waals surface area contributed by atoms with E-state index in [4.69, 9.17) is 0 Å². The molecule has 0 saturated heterocycles. The highest BCUT2D eigenvalue weighted by Crippen LogP contribution is 2.30. The van der Waals surface area contributed by atoms with Crippen molar-refractivity contribution < 1.29 is 4.79 Å². The molecule has 1 aliphatic rings. The van der Waals surface area contributed by atoms with Crippen LogP contribution >= 0.6 is 11.3 Å². The molecule has 1 atom stereocenters. The number of nitrogens with one attached hydrogen (secondary N) is 3. The van der Waals surface area contributed by atoms with Gasteiger partial charge in [-0.3, -0.25) is 4.79 Å². The molecule has 2 aromatic heterocycles. The van der Waals surface area contributed by atoms with E-state index in [-0.39, 0.29) is 11.9 Å². The number of aromatic amines is 1. The lowest BCUT2D eigenvalue weighted by molar-refractivity contribution is 0.0950. The maximum absolute atomic E-state index is 12.7. The maximum atomic E-state index is 12.7. The van der Waals surface area contributed by atoms with Gasteiger partial charge >= 0.3 is 0 Å². The second-order valence-corrected chi connectivity index (χ2v) is 7.65. The van der Waals surface area contributed by atoms with Crippen LogP contribution in [-0.2, 0) is 6.42 Å². The number of aromatic nitrogens is 1. The Balaban J connectivity index is 1.48. The van der Waals surface area contributed by atoms with E-state index in [0.29, 0.717) is 12.1 Å². The van der Waals surface area contributed by atoms with Crippen LogP contribution in [0.1, 0.15) is 32.4 Å². The van der Waals surface area contributed by atoms with Gasteiger partial charge in [0, 0.05) is 40.3 Å². The molecule has 0 radical (unpaired) electrons. The molecular formula is C20H21N3OS. The normalized spacial score (nSPS) is 16.4. The first-order valence-electron chi connectivity index (χ1n) is 8.55. The second kappa shape index (κ2) is 6.86. The van der Waals surface area contributed by atoms with Crippen LogP contribution in [0, 0.1) is 6.92 Å². The van der Waals surface area contributed by atoms with Gasteiger partial charge in [-0.1, -0.05) is 24.3 Å². The summed E-state index contributed by atoms with van der Waals surface area (Å²) in [7, 11) is 0. The number of benzene rings is 1. The number of hydrogen-bond acceptors (Lipinski definition) is 3. The third-order valence-corrected chi connectivity index (χ3v) is 5.71. The molecule has 0 spiro atoms. The average molecular weight is 351 g/mol. The van der Waals surface area contributed by atoms with Crippen molar-refractivity contribution in [2.45, 2.75) is 19.4 Å². The van der Waals surface area contributed by atoms with Crippen LogP contribution in [0.2, 0.25) is 0 Å². The van der Waals surface area contributed by atoms with Crippen molar-refractivity contribution in [3.05, 3.63) is 70.4 Å². The average Bonchev–Trinajstić information content (AvgIpc) is 3.28. The summed E-state index contributed by atoms with van der Waals surface area (Å²) in [4.78, 5) is 18.1. The number of aryl methyl sites for hydroxylation is 1. The topological polar surface area (TPSA) is 56.9 Å². The summed E-state index contributed by atoms with van der Waals surface area (Å²) in [6.45, 7) is 3.61. The molecule has 3 aromatic rings. The van der Waals surface area contributed by atoms with Crippen molar-refractivity contribution in [2.24, 2.45) is 0 Å². The molecule has 0 fully saturated rings. The van der Waals surface area contributed by atoms with E-state index in [1.165, 1.54) is 16.0 Å². The molecule has 3 N–H and O–H groups in total. The molecule has 4 rings (SSSR count). The van der Waals surface area contributed by atoms with Crippen LogP contribution in [0.5, 0.6) is 0 Å². The number of amides is 1. The summed E-state index contributed by atoms with van der Waals surface area (Å²) >= 11 is 1.70. The van der Waals surface area contributed by atoms with Gasteiger partial charge in [-0.05, 0) is 43.1 Å². The van der Waals surface area contributed by atoms with Gasteiger partial charge < -0.3 is 15.6 Å². The number of carbonyl (C=O) groups is 1. The molecule has 1 unspecified atom stereocenters. The summed E-state index contributed by atoms with van der Waals surface area (Å²) in [5.41, 5.74) is 4.33. The summed E-state index contributed by atoms with van der Waals surface area (Å²) < 4.78 is 0. The molecule has 0 saturated carbocycles. The Morgan fingerprint density at radius 1 is 1.24 bits per heavy atom. The van der Waals surface area contributed by atoms with E-state index in [1.807, 2.05) is 6.20 Å². The summed E-state index contributed by atoms with van der Waals surface area (Å²) in [6.07, 6.45) is 4.72. The molecule has 0 aliphatic carbocycles. The van der Waals surface area contributed by atoms with E-state index in [9.17, 15) is 4.79 Å². The summed E-state index contributed by atoms with van der Waals surface area (Å²) in [5, 5.41) is 6.60. The molecule has 1 aromatic carbocycles. The predicted octanol–water partition coefficient (Wildman–Crippen LogP) is 3.67. The summed E-state index contributed by atoms with van der Waals surface area (Å²) in [5.74, 6) is -0.0350. The molecule has 1 amide bonds. The molecule has 0 bridgehead atoms. The smallest absolute Gasteiger partial charge is 0.253 e. The minimum absolute atomic E-state index is 0.0350. The zero-order valence-corrected chi connectivity index (χ0v) is 15.0. The molecule has 4 nitrogen and oxygen atoms in total. The van der Waals surface area contributed by atoms with Crippen molar-refractivity contribution in [3.63, 3.8) is 0 Å². The van der Waals surface area contributed by atoms with Crippen molar-refractivity contribution in [1.29, 1.82) is 0 Å². The fraction of sp³-hybridized carbons (Fsp3) is 0.250. The van der Waals surface area contributed by atoms with E-state index in [1.54, 1.807) is 17.5 Å². The van der Waals surface area contributed by atoms with E-state index >= 15 is 0 Å². The number of fused-ring (bicyclic) bond motifs is 1. The Morgan fingerprint density at radius 3 is 2.96 bits per heavy atom. The van der Waals surface area contributed by atoms with Gasteiger partial charge in [0.2, 0.25) is 0 Å². The van der Waals surface area contributed by atoms with Crippen molar-refractivity contribution in [3.8, 4) is 10.4 Å². The first-order valence-corrected chi connectivity index (χ1v) is 9.37. The highest BCUT2D eigenvalue weighted by molar-refractivity contribution is 7.15. The number of carbonyl (C=O) groups excluding carboxylic acids is 1. The molecule has 25 heavy (non-hydrogen) atoms. The van der Waals surface area contributed by atoms with Crippen LogP contribution in [-0.4, -0.2) is 24.0 Å². The van der Waals surface area contributed by atoms with Crippen LogP contribution in [0.15, 0.2) is 48.8 Å². The van der Waals surface area contributed by atoms with Gasteiger partial charge in [0.15, 0.2) is 0 Å². The van der Waals surface area contributed by atoms with Gasteiger partial charge in [-0.25, -0.2) is 0 Å². The molecule has 128 valence electrons. The quantitative estimate of drug-likeness (QED) is 0.672. The zero-order valence-electron chi connectivity index (χ0n) is 14.1. The fourth-order valence-corrected chi connectivity index (χ4v) is 4.30. The maximum Gasteiger partial charge on any atom is 0.253 e. The lowest BCUT2D eigenvalue weighted by atomic mass is 9.94. The van der Waals surface area contributed by atoms with E-state index in [2.05, 4.69) is 58.9 Å². The van der Waals surface area contributed by atoms with Crippen LogP contribution in [0.4, 0.5) is 0 Å². The van der Waals surface area contributed by atoms with Crippen LogP contribution in [0.3, 0.4) is 0 Å². The largest absolute Gasteiger partial charge is 0.366 e. The zero-order chi connectivity index (χ0) is 17.2. The van der Waals surface area contributed by atoms with Crippen molar-refractivity contribution in [1.82, 2.24) is 15.6 Å². The van der Waals surface area contributed by atoms with Gasteiger partial charge in [0.1, 0.15) is 0 Å². The predicted molar refractivity (Wildman–Crippen MR) is 102 cm³/mol. The van der Waals surface area contributed by atoms with Gasteiger partial charge in [0.25, 0.3) is 5.91 Å². The Morgan fingerprint density at radius 2 is 2.12 bits per heavy atom. The minimum Gasteiger partial charge on any atom is -0.366 e. The Bertz CT molecular complexity index is 896. The monoisotopic (exact) mass is 351 g/mol. The van der Waals surface area contributed by atoms with Crippen molar-refractivity contribution >= 4 is 17.2 Å². The SMILES string of the molecule is Cc1ccc(-c2c[nH]cc2C(=O)NCC2NCCc3ccccc32)s1. The van der Waals surface area contributed by atoms with Gasteiger partial charge in [-0.15, -0.1) is 11.3 Å². The Hall–Kier alpha value is -2.37. The van der Waals surface area contributed by atoms with Gasteiger partial charge in [-0.2, -0.15) is 0 Å². The molecule has 3 heterocycles. The van der Waals surface area contributed by atoms with Crippen LogP contribution < -0.4 is 10.6 Å². The van der Waals surface area contributed by atoms with E-state index < -0.39 is 0 Å². The lowest BCUT2D eigenvalue weighted by Crippen LogP contribution is -2.38. The van der Waals surface area contributed by atoms with Crippen LogP contribution in [0.25, 0.3) is 10.4 Å². The number of rotatable bonds is 4. The fourth-order valence-electron chi connectivity index (χ4n) is 3.40. The third-order valence-electron chi connectivity index (χ3n) is 4.68. The number of H-pyrrole nitrogens is 1. The first kappa shape index (κ1) is 16.1. The second-order valence-electron chi connectivity index (χ2n) is 6.36. The lowest BCUT2D eigenvalue weighted by Gasteiger charge is -2.27. The summed E-state index contributed by atoms with van der Waals surface area (Å²) in [6, 6.07) is 12.8.